The Morgan fingerprint density at radius 2 is 2.11 bits per heavy atom. The fourth-order valence-electron chi connectivity index (χ4n) is 1.52. The number of aryl methyl sites for hydroxylation is 1. The molecule has 0 bridgehead atoms. The van der Waals surface area contributed by atoms with Crippen LogP contribution in [0.25, 0.3) is 0 Å². The molecule has 0 amide bonds. The zero-order valence-electron chi connectivity index (χ0n) is 9.85. The average molecular weight is 343 g/mol. The summed E-state index contributed by atoms with van der Waals surface area (Å²) in [4.78, 5) is 14.3. The summed E-state index contributed by atoms with van der Waals surface area (Å²) in [5, 5.41) is 13.9. The average Bonchev–Trinajstić information content (AvgIpc) is 2.33. The first-order chi connectivity index (χ1) is 8.95. The Kier molecular flexibility index (Phi) is 4.01. The smallest absolute Gasteiger partial charge is 0.276 e. The molecule has 7 heteroatoms. The number of hydrogen-bond donors (Lipinski definition) is 1. The largest absolute Gasteiger partial charge is 0.340 e. The van der Waals surface area contributed by atoms with Gasteiger partial charge in [0.05, 0.1) is 17.1 Å². The number of anilines is 2. The first-order valence-electron chi connectivity index (χ1n) is 5.31. The second kappa shape index (κ2) is 5.54. The van der Waals surface area contributed by atoms with Crippen LogP contribution in [0.5, 0.6) is 0 Å². The molecule has 1 aromatic heterocycles. The second-order valence-corrected chi connectivity index (χ2v) is 5.18. The fourth-order valence-corrected chi connectivity index (χ4v) is 2.08. The van der Waals surface area contributed by atoms with Crippen molar-refractivity contribution in [3.05, 3.63) is 55.6 Å². The van der Waals surface area contributed by atoms with Gasteiger partial charge in [-0.25, -0.2) is 4.98 Å². The second-order valence-electron chi connectivity index (χ2n) is 3.87. The molecule has 0 spiro atoms. The van der Waals surface area contributed by atoms with E-state index in [1.54, 1.807) is 0 Å². The van der Waals surface area contributed by atoms with E-state index in [9.17, 15) is 10.1 Å². The zero-order chi connectivity index (χ0) is 14.0. The van der Waals surface area contributed by atoms with Gasteiger partial charge < -0.3 is 5.32 Å². The summed E-state index contributed by atoms with van der Waals surface area (Å²) in [5.41, 5.74) is 1.70. The van der Waals surface area contributed by atoms with Crippen molar-refractivity contribution in [2.24, 2.45) is 0 Å². The van der Waals surface area contributed by atoms with Crippen molar-refractivity contribution in [3.8, 4) is 0 Å². The van der Waals surface area contributed by atoms with Crippen molar-refractivity contribution in [1.29, 1.82) is 0 Å². The maximum absolute atomic E-state index is 10.8. The van der Waals surface area contributed by atoms with Crippen LogP contribution >= 0.6 is 27.5 Å². The van der Waals surface area contributed by atoms with E-state index in [0.717, 1.165) is 15.7 Å². The van der Waals surface area contributed by atoms with Gasteiger partial charge in [-0.2, -0.15) is 0 Å². The highest BCUT2D eigenvalue weighted by Gasteiger charge is 2.11. The monoisotopic (exact) mass is 341 g/mol. The van der Waals surface area contributed by atoms with Gasteiger partial charge in [-0.05, 0) is 24.6 Å². The van der Waals surface area contributed by atoms with Crippen LogP contribution in [-0.4, -0.2) is 9.91 Å². The maximum atomic E-state index is 10.8. The van der Waals surface area contributed by atoms with Crippen LogP contribution in [0.2, 0.25) is 5.15 Å². The number of nitro groups is 1. The van der Waals surface area contributed by atoms with Gasteiger partial charge in [0.25, 0.3) is 5.69 Å². The van der Waals surface area contributed by atoms with E-state index in [0.29, 0.717) is 5.82 Å². The van der Waals surface area contributed by atoms with Crippen LogP contribution in [0.15, 0.2) is 34.8 Å². The van der Waals surface area contributed by atoms with Crippen LogP contribution in [0.4, 0.5) is 17.2 Å². The molecule has 1 heterocycles. The molecule has 5 nitrogen and oxygen atoms in total. The molecule has 0 radical (unpaired) electrons. The molecule has 2 aromatic rings. The first kappa shape index (κ1) is 13.8. The van der Waals surface area contributed by atoms with Gasteiger partial charge >= 0.3 is 0 Å². The highest BCUT2D eigenvalue weighted by atomic mass is 79.9. The van der Waals surface area contributed by atoms with E-state index >= 15 is 0 Å². The van der Waals surface area contributed by atoms with Crippen LogP contribution < -0.4 is 5.32 Å². The number of aromatic nitrogens is 1. The Morgan fingerprint density at radius 3 is 2.79 bits per heavy atom. The molecule has 0 aliphatic heterocycles. The van der Waals surface area contributed by atoms with E-state index in [2.05, 4.69) is 26.2 Å². The molecule has 0 fully saturated rings. The Morgan fingerprint density at radius 1 is 1.37 bits per heavy atom. The third kappa shape index (κ3) is 3.42. The van der Waals surface area contributed by atoms with Gasteiger partial charge in [-0.1, -0.05) is 33.6 Å². The number of halogens is 2. The van der Waals surface area contributed by atoms with Gasteiger partial charge in [0, 0.05) is 10.2 Å². The van der Waals surface area contributed by atoms with Gasteiger partial charge in [0.1, 0.15) is 11.0 Å². The Balaban J connectivity index is 2.38. The number of hydrogen-bond acceptors (Lipinski definition) is 4. The molecule has 0 atom stereocenters. The van der Waals surface area contributed by atoms with Crippen LogP contribution in [0.1, 0.15) is 5.56 Å². The van der Waals surface area contributed by atoms with Crippen LogP contribution in [0.3, 0.4) is 0 Å². The first-order valence-corrected chi connectivity index (χ1v) is 6.48. The minimum absolute atomic E-state index is 0.0735. The van der Waals surface area contributed by atoms with Crippen molar-refractivity contribution in [2.45, 2.75) is 6.92 Å². The third-order valence-corrected chi connectivity index (χ3v) is 3.14. The molecule has 0 aliphatic carbocycles. The van der Waals surface area contributed by atoms with Crippen LogP contribution in [-0.2, 0) is 0 Å². The van der Waals surface area contributed by atoms with E-state index < -0.39 is 4.92 Å². The molecular weight excluding hydrogens is 334 g/mol. The minimum atomic E-state index is -0.507. The number of benzene rings is 1. The van der Waals surface area contributed by atoms with Gasteiger partial charge in [0.2, 0.25) is 0 Å². The quantitative estimate of drug-likeness (QED) is 0.508. The molecule has 98 valence electrons. The predicted molar refractivity (Wildman–Crippen MR) is 78.1 cm³/mol. The SMILES string of the molecule is Cc1ccc(Br)cc1Nc1cc([N+](=O)[O-])cc(Cl)n1. The van der Waals surface area contributed by atoms with Gasteiger partial charge in [0.15, 0.2) is 0 Å². The van der Waals surface area contributed by atoms with E-state index in [1.807, 2.05) is 25.1 Å². The molecule has 1 N–H and O–H groups in total. The topological polar surface area (TPSA) is 68.1 Å². The summed E-state index contributed by atoms with van der Waals surface area (Å²) >= 11 is 9.13. The number of nitrogens with one attached hydrogen (secondary N) is 1. The van der Waals surface area contributed by atoms with E-state index in [-0.39, 0.29) is 10.8 Å². The van der Waals surface area contributed by atoms with Crippen molar-refractivity contribution in [1.82, 2.24) is 4.98 Å². The number of pyridine rings is 1. The molecule has 1 aromatic carbocycles. The Hall–Kier alpha value is -1.66. The molecule has 0 aliphatic rings. The third-order valence-electron chi connectivity index (χ3n) is 2.45. The standard InChI is InChI=1S/C12H9BrClN3O2/c1-7-2-3-8(13)4-10(7)15-12-6-9(17(18)19)5-11(14)16-12/h2-6H,1H3,(H,15,16). The summed E-state index contributed by atoms with van der Waals surface area (Å²) in [6, 6.07) is 8.25. The van der Waals surface area contributed by atoms with Crippen molar-refractivity contribution in [2.75, 3.05) is 5.32 Å². The molecule has 0 saturated heterocycles. The summed E-state index contributed by atoms with van der Waals surface area (Å²) in [7, 11) is 0. The normalized spacial score (nSPS) is 10.3. The molecular formula is C12H9BrClN3O2. The lowest BCUT2D eigenvalue weighted by Crippen LogP contribution is -1.98. The predicted octanol–water partition coefficient (Wildman–Crippen LogP) is 4.46. The minimum Gasteiger partial charge on any atom is -0.340 e. The summed E-state index contributed by atoms with van der Waals surface area (Å²) in [6.45, 7) is 1.92. The summed E-state index contributed by atoms with van der Waals surface area (Å²) in [5.74, 6) is 0.334. The summed E-state index contributed by atoms with van der Waals surface area (Å²) < 4.78 is 0.900. The highest BCUT2D eigenvalue weighted by Crippen LogP contribution is 2.26. The Labute approximate surface area is 122 Å². The highest BCUT2D eigenvalue weighted by molar-refractivity contribution is 9.10. The van der Waals surface area contributed by atoms with Crippen LogP contribution in [0, 0.1) is 17.0 Å². The lowest BCUT2D eigenvalue weighted by Gasteiger charge is -2.09. The summed E-state index contributed by atoms with van der Waals surface area (Å²) in [6.07, 6.45) is 0. The molecule has 2 rings (SSSR count). The molecule has 0 unspecified atom stereocenters. The molecule has 19 heavy (non-hydrogen) atoms. The van der Waals surface area contributed by atoms with Gasteiger partial charge in [-0.3, -0.25) is 10.1 Å². The number of nitrogens with zero attached hydrogens (tertiary/aromatic N) is 2. The number of rotatable bonds is 3. The lowest BCUT2D eigenvalue weighted by atomic mass is 10.2. The lowest BCUT2D eigenvalue weighted by molar-refractivity contribution is -0.384. The van der Waals surface area contributed by atoms with Crippen molar-refractivity contribution in [3.63, 3.8) is 0 Å². The van der Waals surface area contributed by atoms with Crippen molar-refractivity contribution < 1.29 is 4.92 Å². The molecule has 0 saturated carbocycles. The van der Waals surface area contributed by atoms with E-state index in [4.69, 9.17) is 11.6 Å². The van der Waals surface area contributed by atoms with Gasteiger partial charge in [-0.15, -0.1) is 0 Å². The fraction of sp³-hybridized carbons (Fsp3) is 0.0833. The maximum Gasteiger partial charge on any atom is 0.276 e. The zero-order valence-corrected chi connectivity index (χ0v) is 12.2. The van der Waals surface area contributed by atoms with E-state index in [1.165, 1.54) is 12.1 Å². The van der Waals surface area contributed by atoms with Crippen molar-refractivity contribution >= 4 is 44.7 Å². The Bertz CT molecular complexity index is 649.